The molecule has 0 unspecified atom stereocenters. The average Bonchev–Trinajstić information content (AvgIpc) is 3.70. The first kappa shape index (κ1) is 22.5. The lowest BCUT2D eigenvalue weighted by Crippen LogP contribution is -2.51. The fourth-order valence-electron chi connectivity index (χ4n) is 5.04. The highest BCUT2D eigenvalue weighted by atomic mass is 19.1. The summed E-state index contributed by atoms with van der Waals surface area (Å²) in [6, 6.07) is 0. The average molecular weight is 444 g/mol. The minimum atomic E-state index is -0.725. The van der Waals surface area contributed by atoms with Gasteiger partial charge in [-0.25, -0.2) is 4.39 Å². The number of nitrogens with one attached hydrogen (secondary N) is 1. The molecule has 0 radical (unpaired) electrons. The van der Waals surface area contributed by atoms with Crippen LogP contribution in [0, 0.1) is 18.8 Å². The van der Waals surface area contributed by atoms with Crippen molar-refractivity contribution in [3.63, 3.8) is 0 Å². The normalized spacial score (nSPS) is 20.1. The van der Waals surface area contributed by atoms with Gasteiger partial charge in [-0.3, -0.25) is 19.1 Å². The molecule has 172 valence electrons. The van der Waals surface area contributed by atoms with Crippen LogP contribution >= 0.6 is 0 Å². The number of allylic oxidation sites excluding steroid dienone is 2. The second kappa shape index (κ2) is 8.67. The number of aromatic hydroxyl groups is 1. The van der Waals surface area contributed by atoms with E-state index in [1.54, 1.807) is 28.5 Å². The van der Waals surface area contributed by atoms with Gasteiger partial charge in [0.1, 0.15) is 11.4 Å². The Hall–Kier alpha value is -2.71. The third kappa shape index (κ3) is 3.71. The Morgan fingerprint density at radius 2 is 1.97 bits per heavy atom. The highest BCUT2D eigenvalue weighted by Crippen LogP contribution is 2.56. The molecule has 1 aromatic heterocycles. The minimum absolute atomic E-state index is 0.214. The summed E-state index contributed by atoms with van der Waals surface area (Å²) in [6.07, 6.45) is 9.01. The Kier molecular flexibility index (Phi) is 6.09. The van der Waals surface area contributed by atoms with Gasteiger partial charge in [-0.2, -0.15) is 0 Å². The van der Waals surface area contributed by atoms with Crippen molar-refractivity contribution in [2.24, 2.45) is 11.8 Å². The predicted molar refractivity (Wildman–Crippen MR) is 119 cm³/mol. The first-order chi connectivity index (χ1) is 15.4. The number of hydrogen-bond donors (Lipinski definition) is 3. The molecule has 4 rings (SSSR count). The van der Waals surface area contributed by atoms with Gasteiger partial charge in [0.05, 0.1) is 13.1 Å². The highest BCUT2D eigenvalue weighted by Gasteiger charge is 2.61. The quantitative estimate of drug-likeness (QED) is 0.382. The van der Waals surface area contributed by atoms with E-state index in [9.17, 15) is 24.2 Å². The van der Waals surface area contributed by atoms with Gasteiger partial charge >= 0.3 is 0 Å². The van der Waals surface area contributed by atoms with E-state index >= 15 is 0 Å². The number of rotatable bonds is 10. The van der Waals surface area contributed by atoms with Crippen LogP contribution in [0.4, 0.5) is 4.39 Å². The number of fused-ring (bicyclic) bond motifs is 1. The number of carbonyl (C=O) groups is 1. The molecule has 1 aromatic rings. The van der Waals surface area contributed by atoms with Crippen LogP contribution in [0.5, 0.6) is 5.75 Å². The summed E-state index contributed by atoms with van der Waals surface area (Å²) in [4.78, 5) is 28.0. The van der Waals surface area contributed by atoms with Crippen molar-refractivity contribution < 1.29 is 19.4 Å². The van der Waals surface area contributed by atoms with Crippen molar-refractivity contribution in [1.82, 2.24) is 14.8 Å². The number of aliphatic hydroxyl groups excluding tert-OH is 1. The maximum Gasteiger partial charge on any atom is 0.295 e. The third-order valence-electron chi connectivity index (χ3n) is 6.95. The van der Waals surface area contributed by atoms with E-state index in [0.29, 0.717) is 42.7 Å². The molecule has 0 spiro atoms. The lowest BCUT2D eigenvalue weighted by atomic mass is 9.97. The number of carbonyl (C=O) groups excluding carboxylic acids is 1. The maximum atomic E-state index is 13.2. The number of aromatic nitrogens is 1. The number of nitrogens with zero attached hydrogens (tertiary/aromatic N) is 2. The van der Waals surface area contributed by atoms with Crippen LogP contribution in [0.2, 0.25) is 0 Å². The Labute approximate surface area is 186 Å². The molecule has 0 atom stereocenters. The van der Waals surface area contributed by atoms with Gasteiger partial charge in [-0.1, -0.05) is 18.7 Å². The highest BCUT2D eigenvalue weighted by molar-refractivity contribution is 5.97. The van der Waals surface area contributed by atoms with E-state index in [4.69, 9.17) is 0 Å². The third-order valence-corrected chi connectivity index (χ3v) is 6.95. The number of hydrogen-bond acceptors (Lipinski definition) is 5. The molecule has 7 nitrogen and oxygen atoms in total. The molecule has 2 saturated carbocycles. The van der Waals surface area contributed by atoms with Crippen LogP contribution in [0.1, 0.15) is 47.3 Å². The van der Waals surface area contributed by atoms with Gasteiger partial charge in [0.2, 0.25) is 0 Å². The molecule has 2 fully saturated rings. The lowest BCUT2D eigenvalue weighted by molar-refractivity contribution is 0.0868. The van der Waals surface area contributed by atoms with Gasteiger partial charge in [0.15, 0.2) is 5.75 Å². The monoisotopic (exact) mass is 443 g/mol. The predicted octanol–water partition coefficient (Wildman–Crippen LogP) is 2.47. The fourth-order valence-corrected chi connectivity index (χ4v) is 5.04. The zero-order valence-corrected chi connectivity index (χ0v) is 18.3. The first-order valence-electron chi connectivity index (χ1n) is 11.1. The molecule has 8 heteroatoms. The molecule has 2 aliphatic carbocycles. The number of pyridine rings is 1. The van der Waals surface area contributed by atoms with Crippen molar-refractivity contribution in [3.8, 4) is 5.75 Å². The van der Waals surface area contributed by atoms with E-state index in [1.165, 1.54) is 6.08 Å². The van der Waals surface area contributed by atoms with Crippen molar-refractivity contribution in [1.29, 1.82) is 0 Å². The van der Waals surface area contributed by atoms with Crippen LogP contribution in [-0.2, 0) is 12.1 Å². The van der Waals surface area contributed by atoms with Gasteiger partial charge in [-0.15, -0.1) is 0 Å². The lowest BCUT2D eigenvalue weighted by Gasteiger charge is -2.32. The Morgan fingerprint density at radius 1 is 1.31 bits per heavy atom. The van der Waals surface area contributed by atoms with Gasteiger partial charge in [0, 0.05) is 30.5 Å². The topological polar surface area (TPSA) is 94.8 Å². The number of aliphatic hydroxyl groups is 1. The van der Waals surface area contributed by atoms with Gasteiger partial charge in [-0.05, 0) is 56.2 Å². The van der Waals surface area contributed by atoms with Crippen LogP contribution < -0.4 is 10.9 Å². The van der Waals surface area contributed by atoms with Gasteiger partial charge < -0.3 is 15.5 Å². The standard InChI is InChI=1S/C24H30FN3O4/c1-3-16(5-4-11-25)13-27(14-29)12-10-19-15(2)21(30)23(32)28-20(19)22(31)26-24(28,17-6-7-17)18-8-9-18/h3-5,11,17-18,29-30H,1,6-10,12-14H2,2H3,(H,26,31)/b11-4+,16-5+. The maximum absolute atomic E-state index is 13.2. The van der Waals surface area contributed by atoms with E-state index in [2.05, 4.69) is 11.9 Å². The molecule has 1 aliphatic heterocycles. The van der Waals surface area contributed by atoms with E-state index in [0.717, 1.165) is 31.3 Å². The van der Waals surface area contributed by atoms with Crippen molar-refractivity contribution in [2.45, 2.75) is 44.7 Å². The second-order valence-electron chi connectivity index (χ2n) is 8.98. The van der Waals surface area contributed by atoms with Crippen LogP contribution in [-0.4, -0.2) is 45.4 Å². The summed E-state index contributed by atoms with van der Waals surface area (Å²) in [5, 5.41) is 23.6. The molecule has 32 heavy (non-hydrogen) atoms. The Morgan fingerprint density at radius 3 is 2.50 bits per heavy atom. The smallest absolute Gasteiger partial charge is 0.295 e. The van der Waals surface area contributed by atoms with E-state index in [1.807, 2.05) is 0 Å². The molecular formula is C24H30FN3O4. The molecule has 0 aromatic carbocycles. The zero-order valence-electron chi connectivity index (χ0n) is 18.3. The van der Waals surface area contributed by atoms with Crippen LogP contribution in [0.25, 0.3) is 0 Å². The first-order valence-corrected chi connectivity index (χ1v) is 11.1. The molecule has 2 heterocycles. The molecule has 3 N–H and O–H groups in total. The number of amides is 1. The van der Waals surface area contributed by atoms with Crippen molar-refractivity contribution in [2.75, 3.05) is 19.8 Å². The SMILES string of the molecule is C=C/C(=C\C=C\F)CN(CO)CCc1c(C)c(O)c(=O)n2c1C(=O)NC2(C1CC1)C1CC1. The molecule has 3 aliphatic rings. The van der Waals surface area contributed by atoms with E-state index < -0.39 is 11.2 Å². The summed E-state index contributed by atoms with van der Waals surface area (Å²) < 4.78 is 13.9. The zero-order chi connectivity index (χ0) is 23.0. The number of halogens is 1. The second-order valence-corrected chi connectivity index (χ2v) is 8.98. The fraction of sp³-hybridized carbons (Fsp3) is 0.500. The molecule has 0 saturated heterocycles. The summed E-state index contributed by atoms with van der Waals surface area (Å²) in [5.74, 6) is -0.160. The summed E-state index contributed by atoms with van der Waals surface area (Å²) in [5.41, 5.74) is 0.846. The molecule has 0 bridgehead atoms. The molecular weight excluding hydrogens is 413 g/mol. The van der Waals surface area contributed by atoms with Gasteiger partial charge in [0.25, 0.3) is 11.5 Å². The largest absolute Gasteiger partial charge is 0.503 e. The summed E-state index contributed by atoms with van der Waals surface area (Å²) in [6.45, 7) is 5.83. The Bertz CT molecular complexity index is 1040. The summed E-state index contributed by atoms with van der Waals surface area (Å²) in [7, 11) is 0. The van der Waals surface area contributed by atoms with Crippen LogP contribution in [0.15, 0.2) is 41.5 Å². The van der Waals surface area contributed by atoms with Crippen LogP contribution in [0.3, 0.4) is 0 Å². The van der Waals surface area contributed by atoms with Crippen molar-refractivity contribution in [3.05, 3.63) is 63.9 Å². The summed E-state index contributed by atoms with van der Waals surface area (Å²) >= 11 is 0. The van der Waals surface area contributed by atoms with E-state index in [-0.39, 0.29) is 30.2 Å². The Balaban J connectivity index is 1.68. The minimum Gasteiger partial charge on any atom is -0.503 e. The van der Waals surface area contributed by atoms with Crippen molar-refractivity contribution >= 4 is 5.91 Å². The molecule has 1 amide bonds.